The number of hydrogen-bond acceptors (Lipinski definition) is 4. The molecular formula is C18H26N4OS. The van der Waals surface area contributed by atoms with Gasteiger partial charge in [0.2, 0.25) is 5.88 Å². The average molecular weight is 346 g/mol. The molecule has 0 fully saturated rings. The first-order chi connectivity index (χ1) is 11.5. The van der Waals surface area contributed by atoms with Crippen LogP contribution in [-0.2, 0) is 12.0 Å². The van der Waals surface area contributed by atoms with Crippen molar-refractivity contribution in [3.05, 3.63) is 46.3 Å². The Morgan fingerprint density at radius 1 is 1.33 bits per heavy atom. The van der Waals surface area contributed by atoms with Gasteiger partial charge in [0.05, 0.1) is 6.61 Å². The lowest BCUT2D eigenvalue weighted by Crippen LogP contribution is -2.42. The van der Waals surface area contributed by atoms with Crippen molar-refractivity contribution in [2.75, 3.05) is 20.2 Å². The van der Waals surface area contributed by atoms with Crippen molar-refractivity contribution in [1.82, 2.24) is 15.6 Å². The lowest BCUT2D eigenvalue weighted by molar-refractivity contribution is 0.326. The Labute approximate surface area is 148 Å². The largest absolute Gasteiger partial charge is 0.478 e. The van der Waals surface area contributed by atoms with Crippen molar-refractivity contribution >= 4 is 17.3 Å². The Balaban J connectivity index is 1.88. The van der Waals surface area contributed by atoms with Crippen molar-refractivity contribution in [3.63, 3.8) is 0 Å². The van der Waals surface area contributed by atoms with E-state index in [4.69, 9.17) is 4.74 Å². The molecule has 0 unspecified atom stereocenters. The van der Waals surface area contributed by atoms with Crippen LogP contribution in [-0.4, -0.2) is 31.1 Å². The second-order valence-corrected chi connectivity index (χ2v) is 7.02. The minimum Gasteiger partial charge on any atom is -0.478 e. The molecule has 2 N–H and O–H groups in total. The van der Waals surface area contributed by atoms with Crippen LogP contribution in [0.3, 0.4) is 0 Å². The van der Waals surface area contributed by atoms with Crippen LogP contribution in [0.25, 0.3) is 0 Å². The first-order valence-corrected chi connectivity index (χ1v) is 8.99. The molecule has 5 nitrogen and oxygen atoms in total. The highest BCUT2D eigenvalue weighted by Gasteiger charge is 2.21. The van der Waals surface area contributed by atoms with Gasteiger partial charge in [0.25, 0.3) is 0 Å². The number of nitrogens with zero attached hydrogens (tertiary/aromatic N) is 2. The van der Waals surface area contributed by atoms with E-state index in [2.05, 4.69) is 52.0 Å². The van der Waals surface area contributed by atoms with Crippen LogP contribution in [0.5, 0.6) is 5.88 Å². The van der Waals surface area contributed by atoms with Gasteiger partial charge in [-0.2, -0.15) is 0 Å². The average Bonchev–Trinajstić information content (AvgIpc) is 3.11. The molecule has 0 amide bonds. The molecule has 2 rings (SSSR count). The van der Waals surface area contributed by atoms with E-state index in [-0.39, 0.29) is 5.41 Å². The second-order valence-electron chi connectivity index (χ2n) is 6.08. The first-order valence-electron chi connectivity index (χ1n) is 8.11. The van der Waals surface area contributed by atoms with Crippen LogP contribution in [0.1, 0.15) is 31.2 Å². The lowest BCUT2D eigenvalue weighted by atomic mass is 9.91. The number of rotatable bonds is 7. The minimum atomic E-state index is 0.0601. The highest BCUT2D eigenvalue weighted by Crippen LogP contribution is 2.26. The number of aromatic nitrogens is 1. The predicted molar refractivity (Wildman–Crippen MR) is 101 cm³/mol. The maximum Gasteiger partial charge on any atom is 0.213 e. The SMILES string of the molecule is CCOc1cc(CNC(=NC)NCC(C)(C)c2cccs2)ccn1. The third kappa shape index (κ3) is 5.23. The molecule has 0 bridgehead atoms. The van der Waals surface area contributed by atoms with E-state index in [9.17, 15) is 0 Å². The molecule has 6 heteroatoms. The Morgan fingerprint density at radius 2 is 2.17 bits per heavy atom. The molecule has 0 radical (unpaired) electrons. The lowest BCUT2D eigenvalue weighted by Gasteiger charge is -2.25. The van der Waals surface area contributed by atoms with Gasteiger partial charge in [0.1, 0.15) is 0 Å². The molecule has 130 valence electrons. The Hall–Kier alpha value is -2.08. The zero-order valence-electron chi connectivity index (χ0n) is 14.8. The molecule has 0 spiro atoms. The number of pyridine rings is 1. The third-order valence-electron chi connectivity index (χ3n) is 3.66. The summed E-state index contributed by atoms with van der Waals surface area (Å²) in [6, 6.07) is 8.18. The highest BCUT2D eigenvalue weighted by molar-refractivity contribution is 7.10. The number of thiophene rings is 1. The van der Waals surface area contributed by atoms with E-state index in [1.165, 1.54) is 4.88 Å². The zero-order chi connectivity index (χ0) is 17.4. The van der Waals surface area contributed by atoms with E-state index in [1.807, 2.05) is 19.1 Å². The molecular weight excluding hydrogens is 320 g/mol. The number of ether oxygens (including phenoxy) is 1. The summed E-state index contributed by atoms with van der Waals surface area (Å²) in [6.07, 6.45) is 1.76. The Morgan fingerprint density at radius 3 is 2.83 bits per heavy atom. The van der Waals surface area contributed by atoms with Crippen molar-refractivity contribution in [1.29, 1.82) is 0 Å². The van der Waals surface area contributed by atoms with E-state index in [1.54, 1.807) is 24.6 Å². The van der Waals surface area contributed by atoms with Gasteiger partial charge in [-0.1, -0.05) is 19.9 Å². The molecule has 0 atom stereocenters. The van der Waals surface area contributed by atoms with E-state index in [0.717, 1.165) is 18.1 Å². The number of aliphatic imine (C=N–C) groups is 1. The van der Waals surface area contributed by atoms with Crippen molar-refractivity contribution in [2.24, 2.45) is 4.99 Å². The van der Waals surface area contributed by atoms with Gasteiger partial charge in [-0.3, -0.25) is 4.99 Å². The van der Waals surface area contributed by atoms with Gasteiger partial charge in [0.15, 0.2) is 5.96 Å². The normalized spacial score (nSPS) is 12.1. The molecule has 0 aliphatic rings. The van der Waals surface area contributed by atoms with Gasteiger partial charge in [-0.05, 0) is 30.0 Å². The maximum atomic E-state index is 5.43. The quantitative estimate of drug-likeness (QED) is 0.597. The van der Waals surface area contributed by atoms with Crippen molar-refractivity contribution in [3.8, 4) is 5.88 Å². The van der Waals surface area contributed by atoms with Crippen molar-refractivity contribution in [2.45, 2.75) is 32.7 Å². The molecule has 0 aromatic carbocycles. The van der Waals surface area contributed by atoms with Crippen LogP contribution in [0.4, 0.5) is 0 Å². The number of hydrogen-bond donors (Lipinski definition) is 2. The fraction of sp³-hybridized carbons (Fsp3) is 0.444. The maximum absolute atomic E-state index is 5.43. The standard InChI is InChI=1S/C18H26N4OS/c1-5-23-16-11-14(8-9-20-16)12-21-17(19-4)22-13-18(2,3)15-7-6-10-24-15/h6-11H,5,12-13H2,1-4H3,(H2,19,21,22). The molecule has 0 aliphatic heterocycles. The topological polar surface area (TPSA) is 58.5 Å². The summed E-state index contributed by atoms with van der Waals surface area (Å²) in [6.45, 7) is 8.51. The Kier molecular flexibility index (Phi) is 6.61. The van der Waals surface area contributed by atoms with Crippen molar-refractivity contribution < 1.29 is 4.74 Å². The van der Waals surface area contributed by atoms with E-state index >= 15 is 0 Å². The summed E-state index contributed by atoms with van der Waals surface area (Å²) < 4.78 is 5.43. The van der Waals surface area contributed by atoms with E-state index < -0.39 is 0 Å². The molecule has 2 heterocycles. The summed E-state index contributed by atoms with van der Waals surface area (Å²) in [5.41, 5.74) is 1.17. The monoisotopic (exact) mass is 346 g/mol. The second kappa shape index (κ2) is 8.68. The highest BCUT2D eigenvalue weighted by atomic mass is 32.1. The molecule has 0 saturated heterocycles. The number of guanidine groups is 1. The van der Waals surface area contributed by atoms with Crippen LogP contribution in [0, 0.1) is 0 Å². The summed E-state index contributed by atoms with van der Waals surface area (Å²) in [4.78, 5) is 9.84. The van der Waals surface area contributed by atoms with Gasteiger partial charge in [0, 0.05) is 42.7 Å². The van der Waals surface area contributed by atoms with Gasteiger partial charge >= 0.3 is 0 Å². The molecule has 2 aromatic heterocycles. The van der Waals surface area contributed by atoms with Gasteiger partial charge < -0.3 is 15.4 Å². The predicted octanol–water partition coefficient (Wildman–Crippen LogP) is 3.18. The van der Waals surface area contributed by atoms with Gasteiger partial charge in [-0.15, -0.1) is 11.3 Å². The zero-order valence-corrected chi connectivity index (χ0v) is 15.6. The van der Waals surface area contributed by atoms with E-state index in [0.29, 0.717) is 19.0 Å². The van der Waals surface area contributed by atoms with Crippen LogP contribution >= 0.6 is 11.3 Å². The first kappa shape index (κ1) is 18.3. The summed E-state index contributed by atoms with van der Waals surface area (Å²) >= 11 is 1.78. The fourth-order valence-electron chi connectivity index (χ4n) is 2.25. The molecule has 2 aromatic rings. The molecule has 24 heavy (non-hydrogen) atoms. The third-order valence-corrected chi connectivity index (χ3v) is 4.90. The Bertz CT molecular complexity index is 653. The molecule has 0 aliphatic carbocycles. The van der Waals surface area contributed by atoms with Crippen LogP contribution < -0.4 is 15.4 Å². The summed E-state index contributed by atoms with van der Waals surface area (Å²) in [7, 11) is 1.78. The molecule has 0 saturated carbocycles. The van der Waals surface area contributed by atoms with Crippen LogP contribution in [0.2, 0.25) is 0 Å². The minimum absolute atomic E-state index is 0.0601. The van der Waals surface area contributed by atoms with Crippen LogP contribution in [0.15, 0.2) is 40.8 Å². The smallest absolute Gasteiger partial charge is 0.213 e. The number of nitrogens with one attached hydrogen (secondary N) is 2. The summed E-state index contributed by atoms with van der Waals surface area (Å²) in [5, 5.41) is 8.85. The fourth-order valence-corrected chi connectivity index (χ4v) is 3.10. The van der Waals surface area contributed by atoms with Gasteiger partial charge in [-0.25, -0.2) is 4.98 Å². The summed E-state index contributed by atoms with van der Waals surface area (Å²) in [5.74, 6) is 1.44.